The summed E-state index contributed by atoms with van der Waals surface area (Å²) in [7, 11) is 0. The molecule has 0 aromatic carbocycles. The molecule has 1 heteroatoms. The molecule has 0 saturated carbocycles. The summed E-state index contributed by atoms with van der Waals surface area (Å²) in [6, 6.07) is 0. The lowest BCUT2D eigenvalue weighted by Crippen LogP contribution is -2.10. The van der Waals surface area contributed by atoms with E-state index in [1.165, 1.54) is 37.8 Å². The minimum absolute atomic E-state index is 0.555. The summed E-state index contributed by atoms with van der Waals surface area (Å²) in [6.45, 7) is 10.9. The zero-order valence-electron chi connectivity index (χ0n) is 11.7. The van der Waals surface area contributed by atoms with Crippen molar-refractivity contribution in [3.8, 4) is 0 Å². The Morgan fingerprint density at radius 2 is 2.24 bits per heavy atom. The lowest BCUT2D eigenvalue weighted by molar-refractivity contribution is 0.577. The first-order valence-corrected chi connectivity index (χ1v) is 7.08. The maximum absolute atomic E-state index is 4.73. The van der Waals surface area contributed by atoms with Gasteiger partial charge in [0.25, 0.3) is 0 Å². The molecular formula is C16H27N. The predicted molar refractivity (Wildman–Crippen MR) is 77.4 cm³/mol. The van der Waals surface area contributed by atoms with Crippen LogP contribution in [-0.2, 0) is 0 Å². The molecule has 0 N–H and O–H groups in total. The van der Waals surface area contributed by atoms with Crippen LogP contribution in [0, 0.1) is 11.8 Å². The minimum Gasteiger partial charge on any atom is -0.258 e. The lowest BCUT2D eigenvalue weighted by atomic mass is 9.95. The molecule has 1 aliphatic heterocycles. The van der Waals surface area contributed by atoms with E-state index >= 15 is 0 Å². The summed E-state index contributed by atoms with van der Waals surface area (Å²) in [5, 5.41) is 0. The summed E-state index contributed by atoms with van der Waals surface area (Å²) < 4.78 is 0. The second-order valence-corrected chi connectivity index (χ2v) is 5.37. The number of hydrogen-bond donors (Lipinski definition) is 0. The standard InChI is InChI=1S/C16H27N/c1-5-8-14(3)16-12-11-13(2)9-6-7-10-15(4)17-16/h11-14H,4-10H2,1-3H3/b12-11-,17-16?. The van der Waals surface area contributed by atoms with Crippen LogP contribution in [0.4, 0.5) is 0 Å². The zero-order valence-corrected chi connectivity index (χ0v) is 11.7. The number of rotatable bonds is 3. The van der Waals surface area contributed by atoms with Gasteiger partial charge in [-0.15, -0.1) is 0 Å². The molecule has 0 amide bonds. The van der Waals surface area contributed by atoms with Crippen molar-refractivity contribution in [1.82, 2.24) is 0 Å². The van der Waals surface area contributed by atoms with Crippen LogP contribution in [-0.4, -0.2) is 5.71 Å². The van der Waals surface area contributed by atoms with E-state index in [0.717, 1.165) is 12.1 Å². The average Bonchev–Trinajstić information content (AvgIpc) is 2.30. The highest BCUT2D eigenvalue weighted by Gasteiger charge is 2.09. The van der Waals surface area contributed by atoms with Crippen molar-refractivity contribution in [3.63, 3.8) is 0 Å². The normalized spacial score (nSPS) is 26.2. The maximum Gasteiger partial charge on any atom is 0.0431 e. The molecule has 0 fully saturated rings. The average molecular weight is 233 g/mol. The fraction of sp³-hybridized carbons (Fsp3) is 0.688. The van der Waals surface area contributed by atoms with Crippen LogP contribution < -0.4 is 0 Å². The van der Waals surface area contributed by atoms with Gasteiger partial charge in [-0.25, -0.2) is 0 Å². The van der Waals surface area contributed by atoms with Crippen LogP contribution in [0.25, 0.3) is 0 Å². The van der Waals surface area contributed by atoms with Crippen molar-refractivity contribution < 1.29 is 0 Å². The van der Waals surface area contributed by atoms with Gasteiger partial charge in [0.05, 0.1) is 0 Å². The Hall–Kier alpha value is -0.850. The van der Waals surface area contributed by atoms with E-state index in [1.54, 1.807) is 0 Å². The van der Waals surface area contributed by atoms with Crippen molar-refractivity contribution in [2.24, 2.45) is 16.8 Å². The van der Waals surface area contributed by atoms with Crippen LogP contribution in [0.1, 0.15) is 59.3 Å². The SMILES string of the molecule is C=C1CCCCC(C)/C=C\C(C(C)CCC)=N1. The van der Waals surface area contributed by atoms with Gasteiger partial charge >= 0.3 is 0 Å². The van der Waals surface area contributed by atoms with Crippen molar-refractivity contribution in [3.05, 3.63) is 24.4 Å². The highest BCUT2D eigenvalue weighted by atomic mass is 14.8. The fourth-order valence-corrected chi connectivity index (χ4v) is 2.29. The van der Waals surface area contributed by atoms with Gasteiger partial charge in [0.2, 0.25) is 0 Å². The Balaban J connectivity index is 2.82. The highest BCUT2D eigenvalue weighted by molar-refractivity contribution is 5.97. The summed E-state index contributed by atoms with van der Waals surface area (Å²) in [5.74, 6) is 1.24. The predicted octanol–water partition coefficient (Wildman–Crippen LogP) is 5.14. The number of hydrogen-bond acceptors (Lipinski definition) is 1. The highest BCUT2D eigenvalue weighted by Crippen LogP contribution is 2.19. The molecule has 1 aliphatic rings. The van der Waals surface area contributed by atoms with Crippen LogP contribution in [0.5, 0.6) is 0 Å². The molecule has 0 spiro atoms. The van der Waals surface area contributed by atoms with Crippen LogP contribution in [0.3, 0.4) is 0 Å². The van der Waals surface area contributed by atoms with E-state index < -0.39 is 0 Å². The monoisotopic (exact) mass is 233 g/mol. The third-order valence-corrected chi connectivity index (χ3v) is 3.48. The van der Waals surface area contributed by atoms with Crippen molar-refractivity contribution in [2.45, 2.75) is 59.3 Å². The smallest absolute Gasteiger partial charge is 0.0431 e. The van der Waals surface area contributed by atoms with E-state index in [9.17, 15) is 0 Å². The van der Waals surface area contributed by atoms with Crippen LogP contribution in [0.2, 0.25) is 0 Å². The van der Waals surface area contributed by atoms with Gasteiger partial charge in [-0.05, 0) is 43.6 Å². The Kier molecular flexibility index (Phi) is 6.25. The van der Waals surface area contributed by atoms with Gasteiger partial charge in [0.1, 0.15) is 0 Å². The largest absolute Gasteiger partial charge is 0.258 e. The van der Waals surface area contributed by atoms with E-state index in [4.69, 9.17) is 4.99 Å². The van der Waals surface area contributed by atoms with Gasteiger partial charge in [-0.1, -0.05) is 46.3 Å². The first-order valence-electron chi connectivity index (χ1n) is 7.08. The number of allylic oxidation sites excluding steroid dienone is 3. The first-order chi connectivity index (χ1) is 8.13. The molecular weight excluding hydrogens is 206 g/mol. The van der Waals surface area contributed by atoms with Crippen molar-refractivity contribution in [1.29, 1.82) is 0 Å². The molecule has 2 atom stereocenters. The molecule has 0 aromatic heterocycles. The molecule has 96 valence electrons. The van der Waals surface area contributed by atoms with Crippen molar-refractivity contribution in [2.75, 3.05) is 0 Å². The van der Waals surface area contributed by atoms with Gasteiger partial charge < -0.3 is 0 Å². The van der Waals surface area contributed by atoms with Gasteiger partial charge in [-0.2, -0.15) is 0 Å². The minimum atomic E-state index is 0.555. The van der Waals surface area contributed by atoms with Gasteiger partial charge in [-0.3, -0.25) is 4.99 Å². The van der Waals surface area contributed by atoms with Gasteiger partial charge in [0, 0.05) is 11.4 Å². The molecule has 1 heterocycles. The molecule has 1 rings (SSSR count). The maximum atomic E-state index is 4.73. The zero-order chi connectivity index (χ0) is 12.7. The molecule has 0 aliphatic carbocycles. The van der Waals surface area contributed by atoms with Gasteiger partial charge in [0.15, 0.2) is 0 Å². The molecule has 2 unspecified atom stereocenters. The van der Waals surface area contributed by atoms with E-state index in [-0.39, 0.29) is 0 Å². The Labute approximate surface area is 107 Å². The quantitative estimate of drug-likeness (QED) is 0.639. The molecule has 0 bridgehead atoms. The Morgan fingerprint density at radius 1 is 1.47 bits per heavy atom. The van der Waals surface area contributed by atoms with Crippen molar-refractivity contribution >= 4 is 5.71 Å². The van der Waals surface area contributed by atoms with E-state index in [1.807, 2.05) is 0 Å². The summed E-state index contributed by atoms with van der Waals surface area (Å²) in [5.41, 5.74) is 2.28. The lowest BCUT2D eigenvalue weighted by Gasteiger charge is -2.14. The van der Waals surface area contributed by atoms with E-state index in [2.05, 4.69) is 39.5 Å². The summed E-state index contributed by atoms with van der Waals surface area (Å²) in [4.78, 5) is 4.73. The Bertz CT molecular complexity index is 299. The molecule has 0 saturated heterocycles. The van der Waals surface area contributed by atoms with Crippen LogP contribution >= 0.6 is 0 Å². The third-order valence-electron chi connectivity index (χ3n) is 3.48. The molecule has 17 heavy (non-hydrogen) atoms. The number of aliphatic imine (C=N–C) groups is 1. The Morgan fingerprint density at radius 3 is 2.94 bits per heavy atom. The second-order valence-electron chi connectivity index (χ2n) is 5.37. The summed E-state index contributed by atoms with van der Waals surface area (Å²) >= 11 is 0. The van der Waals surface area contributed by atoms with Crippen LogP contribution in [0.15, 0.2) is 29.4 Å². The molecule has 0 radical (unpaired) electrons. The summed E-state index contributed by atoms with van der Waals surface area (Å²) in [6.07, 6.45) is 11.9. The van der Waals surface area contributed by atoms with E-state index in [0.29, 0.717) is 11.8 Å². The first kappa shape index (κ1) is 14.2. The molecule has 1 nitrogen and oxygen atoms in total. The fourth-order valence-electron chi connectivity index (χ4n) is 2.29. The number of nitrogens with zero attached hydrogens (tertiary/aromatic N) is 1. The third kappa shape index (κ3) is 5.34. The second kappa shape index (κ2) is 7.47. The molecule has 0 aromatic rings. The topological polar surface area (TPSA) is 12.4 Å².